The van der Waals surface area contributed by atoms with Crippen LogP contribution in [-0.4, -0.2) is 73.8 Å². The van der Waals surface area contributed by atoms with Crippen molar-refractivity contribution >= 4 is 18.5 Å². The fourth-order valence-corrected chi connectivity index (χ4v) is 1.68. The highest BCUT2D eigenvalue weighted by Crippen LogP contribution is 2.14. The predicted octanol–water partition coefficient (Wildman–Crippen LogP) is -0.216. The maximum Gasteiger partial charge on any atom is 0.334 e. The van der Waals surface area contributed by atoms with Crippen LogP contribution in [0.25, 0.3) is 0 Å². The molecule has 2 fully saturated rings. The first-order valence-corrected chi connectivity index (χ1v) is 6.62. The van der Waals surface area contributed by atoms with Crippen LogP contribution in [0.5, 0.6) is 0 Å². The first kappa shape index (κ1) is 14.7. The third-order valence-corrected chi connectivity index (χ3v) is 3.20. The summed E-state index contributed by atoms with van der Waals surface area (Å²) in [5.41, 5.74) is 0. The third kappa shape index (κ3) is 4.46. The zero-order chi connectivity index (χ0) is 14.5. The lowest BCUT2D eigenvalue weighted by Crippen LogP contribution is -2.48. The second-order valence-electron chi connectivity index (χ2n) is 4.86. The molecule has 2 rings (SSSR count). The molecule has 2 aliphatic rings. The van der Waals surface area contributed by atoms with E-state index >= 15 is 0 Å². The van der Waals surface area contributed by atoms with Crippen molar-refractivity contribution in [3.8, 4) is 0 Å². The number of imide groups is 2. The van der Waals surface area contributed by atoms with Crippen molar-refractivity contribution in [2.24, 2.45) is 0 Å². The standard InChI is InChI=1S/C12H19N3O5/c1-14(11(17)13-4-2-9-6-19-9)12(18)15(8-16)5-3-10-7-20-10/h8-10H,2-7H2,1H3,(H,13,17). The van der Waals surface area contributed by atoms with E-state index in [2.05, 4.69) is 5.32 Å². The zero-order valence-corrected chi connectivity index (χ0v) is 11.4. The molecule has 0 aromatic carbocycles. The topological polar surface area (TPSA) is 94.8 Å². The molecule has 0 aromatic heterocycles. The Morgan fingerprint density at radius 2 is 1.85 bits per heavy atom. The van der Waals surface area contributed by atoms with Crippen LogP contribution in [0.3, 0.4) is 0 Å². The summed E-state index contributed by atoms with van der Waals surface area (Å²) in [5.74, 6) is 0. The van der Waals surface area contributed by atoms with E-state index in [9.17, 15) is 14.4 Å². The van der Waals surface area contributed by atoms with Gasteiger partial charge in [0, 0.05) is 20.1 Å². The molecule has 20 heavy (non-hydrogen) atoms. The van der Waals surface area contributed by atoms with Crippen molar-refractivity contribution in [1.29, 1.82) is 0 Å². The molecule has 0 saturated carbocycles. The number of nitrogens with one attached hydrogen (secondary N) is 1. The lowest BCUT2D eigenvalue weighted by molar-refractivity contribution is -0.116. The molecule has 2 saturated heterocycles. The Labute approximate surface area is 117 Å². The van der Waals surface area contributed by atoms with Crippen molar-refractivity contribution < 1.29 is 23.9 Å². The summed E-state index contributed by atoms with van der Waals surface area (Å²) in [5, 5.41) is 2.61. The van der Waals surface area contributed by atoms with Crippen LogP contribution in [0, 0.1) is 0 Å². The lowest BCUT2D eigenvalue weighted by Gasteiger charge is -2.22. The Bertz CT molecular complexity index is 381. The van der Waals surface area contributed by atoms with Crippen LogP contribution in [0.15, 0.2) is 0 Å². The summed E-state index contributed by atoms with van der Waals surface area (Å²) < 4.78 is 10.0. The highest BCUT2D eigenvalue weighted by Gasteiger charge is 2.27. The monoisotopic (exact) mass is 285 g/mol. The maximum absolute atomic E-state index is 12.0. The van der Waals surface area contributed by atoms with Gasteiger partial charge in [0.1, 0.15) is 0 Å². The molecular formula is C12H19N3O5. The molecule has 2 heterocycles. The van der Waals surface area contributed by atoms with E-state index in [0.717, 1.165) is 22.8 Å². The number of hydrogen-bond acceptors (Lipinski definition) is 5. The summed E-state index contributed by atoms with van der Waals surface area (Å²) in [6.07, 6.45) is 2.11. The lowest BCUT2D eigenvalue weighted by atomic mass is 10.3. The minimum Gasteiger partial charge on any atom is -0.373 e. The number of hydrogen-bond donors (Lipinski definition) is 1. The number of epoxide rings is 2. The van der Waals surface area contributed by atoms with Gasteiger partial charge in [0.15, 0.2) is 0 Å². The molecule has 0 bridgehead atoms. The van der Waals surface area contributed by atoms with Gasteiger partial charge in [0.25, 0.3) is 0 Å². The molecule has 1 N–H and O–H groups in total. The van der Waals surface area contributed by atoms with Crippen LogP contribution in [0.2, 0.25) is 0 Å². The highest BCUT2D eigenvalue weighted by atomic mass is 16.6. The van der Waals surface area contributed by atoms with E-state index in [4.69, 9.17) is 9.47 Å². The third-order valence-electron chi connectivity index (χ3n) is 3.20. The normalized spacial score (nSPS) is 22.9. The van der Waals surface area contributed by atoms with Crippen LogP contribution in [-0.2, 0) is 14.3 Å². The number of carbonyl (C=O) groups is 3. The first-order chi connectivity index (χ1) is 9.61. The number of rotatable bonds is 7. The van der Waals surface area contributed by atoms with E-state index in [0.29, 0.717) is 26.0 Å². The molecule has 2 atom stereocenters. The molecule has 0 aromatic rings. The minimum atomic E-state index is -0.638. The predicted molar refractivity (Wildman–Crippen MR) is 68.0 cm³/mol. The van der Waals surface area contributed by atoms with Gasteiger partial charge in [0.05, 0.1) is 25.4 Å². The minimum absolute atomic E-state index is 0.128. The number of nitrogens with zero attached hydrogens (tertiary/aromatic N) is 2. The van der Waals surface area contributed by atoms with Crippen LogP contribution in [0.4, 0.5) is 9.59 Å². The van der Waals surface area contributed by atoms with Gasteiger partial charge in [-0.3, -0.25) is 9.69 Å². The van der Waals surface area contributed by atoms with Gasteiger partial charge in [-0.15, -0.1) is 0 Å². The van der Waals surface area contributed by atoms with Crippen molar-refractivity contribution in [1.82, 2.24) is 15.1 Å². The summed E-state index contributed by atoms with van der Waals surface area (Å²) in [6.45, 7) is 2.09. The van der Waals surface area contributed by atoms with Crippen LogP contribution >= 0.6 is 0 Å². The SMILES string of the molecule is CN(C(=O)NCCC1CO1)C(=O)N(C=O)CCC1CO1. The van der Waals surface area contributed by atoms with E-state index in [1.54, 1.807) is 0 Å². The summed E-state index contributed by atoms with van der Waals surface area (Å²) in [7, 11) is 1.34. The molecule has 112 valence electrons. The number of carbonyl (C=O) groups excluding carboxylic acids is 3. The van der Waals surface area contributed by atoms with Gasteiger partial charge in [-0.05, 0) is 12.8 Å². The Kier molecular flexibility index (Phi) is 4.91. The van der Waals surface area contributed by atoms with Gasteiger partial charge < -0.3 is 14.8 Å². The quantitative estimate of drug-likeness (QED) is 0.515. The smallest absolute Gasteiger partial charge is 0.334 e. The molecular weight excluding hydrogens is 266 g/mol. The van der Waals surface area contributed by atoms with Gasteiger partial charge >= 0.3 is 12.1 Å². The van der Waals surface area contributed by atoms with Crippen LogP contribution in [0.1, 0.15) is 12.8 Å². The van der Waals surface area contributed by atoms with E-state index in [1.165, 1.54) is 7.05 Å². The molecule has 2 unspecified atom stereocenters. The Hall–Kier alpha value is -1.67. The average molecular weight is 285 g/mol. The van der Waals surface area contributed by atoms with Gasteiger partial charge in [-0.25, -0.2) is 14.5 Å². The van der Waals surface area contributed by atoms with Crippen molar-refractivity contribution in [2.75, 3.05) is 33.4 Å². The Balaban J connectivity index is 1.71. The zero-order valence-electron chi connectivity index (χ0n) is 11.4. The Morgan fingerprint density at radius 3 is 2.40 bits per heavy atom. The summed E-state index contributed by atoms with van der Waals surface area (Å²) in [4.78, 5) is 36.5. The highest BCUT2D eigenvalue weighted by molar-refractivity contribution is 5.97. The number of urea groups is 2. The van der Waals surface area contributed by atoms with Crippen molar-refractivity contribution in [2.45, 2.75) is 25.0 Å². The molecule has 2 aliphatic heterocycles. The molecule has 0 radical (unpaired) electrons. The molecule has 0 aliphatic carbocycles. The second-order valence-corrected chi connectivity index (χ2v) is 4.86. The van der Waals surface area contributed by atoms with Gasteiger partial charge in [-0.2, -0.15) is 0 Å². The number of amides is 5. The maximum atomic E-state index is 12.0. The van der Waals surface area contributed by atoms with Gasteiger partial charge in [-0.1, -0.05) is 0 Å². The van der Waals surface area contributed by atoms with Gasteiger partial charge in [0.2, 0.25) is 6.41 Å². The first-order valence-electron chi connectivity index (χ1n) is 6.62. The second kappa shape index (κ2) is 6.67. The largest absolute Gasteiger partial charge is 0.373 e. The van der Waals surface area contributed by atoms with Crippen molar-refractivity contribution in [3.05, 3.63) is 0 Å². The fourth-order valence-electron chi connectivity index (χ4n) is 1.68. The van der Waals surface area contributed by atoms with Crippen molar-refractivity contribution in [3.63, 3.8) is 0 Å². The molecule has 5 amide bonds. The summed E-state index contributed by atoms with van der Waals surface area (Å²) >= 11 is 0. The van der Waals surface area contributed by atoms with E-state index in [1.807, 2.05) is 0 Å². The molecule has 0 spiro atoms. The van der Waals surface area contributed by atoms with E-state index < -0.39 is 12.1 Å². The average Bonchev–Trinajstić information content (AvgIpc) is 3.31. The molecule has 8 heteroatoms. The number of ether oxygens (including phenoxy) is 2. The summed E-state index contributed by atoms with van der Waals surface area (Å²) in [6, 6.07) is -1.16. The molecule has 8 nitrogen and oxygen atoms in total. The Morgan fingerprint density at radius 1 is 1.25 bits per heavy atom. The van der Waals surface area contributed by atoms with E-state index in [-0.39, 0.29) is 18.8 Å². The van der Waals surface area contributed by atoms with Crippen LogP contribution < -0.4 is 5.32 Å². The fraction of sp³-hybridized carbons (Fsp3) is 0.750.